The molecule has 0 aromatic rings. The van der Waals surface area contributed by atoms with Gasteiger partial charge in [0.05, 0.1) is 0 Å². The summed E-state index contributed by atoms with van der Waals surface area (Å²) < 4.78 is 0. The van der Waals surface area contributed by atoms with E-state index in [4.69, 9.17) is 0 Å². The molecule has 0 saturated carbocycles. The minimum absolute atomic E-state index is 1.07. The molecule has 0 atom stereocenters. The zero-order chi connectivity index (χ0) is 12.0. The number of rotatable bonds is 4. The van der Waals surface area contributed by atoms with E-state index < -0.39 is 0 Å². The van der Waals surface area contributed by atoms with E-state index in [1.165, 1.54) is 22.4 Å². The fourth-order valence-corrected chi connectivity index (χ4v) is 1.92. The molecule has 1 aliphatic rings. The van der Waals surface area contributed by atoms with Crippen molar-refractivity contribution in [3.8, 4) is 0 Å². The van der Waals surface area contributed by atoms with Crippen molar-refractivity contribution in [2.75, 3.05) is 0 Å². The van der Waals surface area contributed by atoms with E-state index in [0.29, 0.717) is 0 Å². The fraction of sp³-hybridized carbons (Fsp3) is 0.400. The quantitative estimate of drug-likeness (QED) is 0.692. The second-order valence-electron chi connectivity index (χ2n) is 4.17. The minimum atomic E-state index is 1.07. The summed E-state index contributed by atoms with van der Waals surface area (Å²) in [4.78, 5) is 0. The van der Waals surface area contributed by atoms with Crippen LogP contribution in [0, 0.1) is 0 Å². The van der Waals surface area contributed by atoms with Crippen LogP contribution in [0.25, 0.3) is 0 Å². The van der Waals surface area contributed by atoms with Gasteiger partial charge in [0, 0.05) is 11.9 Å². The van der Waals surface area contributed by atoms with Crippen LogP contribution in [-0.4, -0.2) is 0 Å². The van der Waals surface area contributed by atoms with Gasteiger partial charge in [0.25, 0.3) is 0 Å². The van der Waals surface area contributed by atoms with Gasteiger partial charge in [0.2, 0.25) is 0 Å². The lowest BCUT2D eigenvalue weighted by molar-refractivity contribution is 0.821. The lowest BCUT2D eigenvalue weighted by Crippen LogP contribution is -2.11. The van der Waals surface area contributed by atoms with Gasteiger partial charge in [-0.1, -0.05) is 31.2 Å². The smallest absolute Gasteiger partial charge is 0.0433 e. The van der Waals surface area contributed by atoms with Crippen molar-refractivity contribution in [2.24, 2.45) is 0 Å². The fourth-order valence-electron chi connectivity index (χ4n) is 1.92. The van der Waals surface area contributed by atoms with Crippen LogP contribution >= 0.6 is 0 Å². The van der Waals surface area contributed by atoms with Gasteiger partial charge in [0.1, 0.15) is 0 Å². The number of nitrogens with one attached hydrogen (secondary N) is 1. The van der Waals surface area contributed by atoms with E-state index in [1.807, 2.05) is 0 Å². The van der Waals surface area contributed by atoms with Crippen molar-refractivity contribution in [3.63, 3.8) is 0 Å². The van der Waals surface area contributed by atoms with Crippen LogP contribution in [0.5, 0.6) is 0 Å². The summed E-state index contributed by atoms with van der Waals surface area (Å²) in [5.74, 6) is 0. The molecular formula is C15H21N. The number of hydrogen-bond donors (Lipinski definition) is 1. The third kappa shape index (κ3) is 3.29. The predicted molar refractivity (Wildman–Crippen MR) is 70.9 cm³/mol. The molecule has 0 aromatic heterocycles. The summed E-state index contributed by atoms with van der Waals surface area (Å²) in [5.41, 5.74) is 8.17. The highest BCUT2D eigenvalue weighted by Gasteiger charge is 2.11. The maximum atomic E-state index is 3.57. The first-order valence-electron chi connectivity index (χ1n) is 5.87. The first-order chi connectivity index (χ1) is 7.69. The Kier molecular flexibility index (Phi) is 4.88. The molecule has 1 heteroatoms. The Morgan fingerprint density at radius 3 is 2.94 bits per heavy atom. The Labute approximate surface area is 98.9 Å². The number of allylic oxidation sites excluding steroid dienone is 6. The van der Waals surface area contributed by atoms with Gasteiger partial charge in [-0.25, -0.2) is 0 Å². The first kappa shape index (κ1) is 12.6. The van der Waals surface area contributed by atoms with Gasteiger partial charge in [-0.15, -0.1) is 5.73 Å². The molecule has 0 bridgehead atoms. The van der Waals surface area contributed by atoms with Crippen LogP contribution in [0.15, 0.2) is 53.1 Å². The first-order valence-corrected chi connectivity index (χ1v) is 5.87. The third-order valence-corrected chi connectivity index (χ3v) is 2.77. The van der Waals surface area contributed by atoms with Crippen molar-refractivity contribution in [1.82, 2.24) is 5.32 Å². The second-order valence-corrected chi connectivity index (χ2v) is 4.17. The average molecular weight is 215 g/mol. The topological polar surface area (TPSA) is 12.0 Å². The largest absolute Gasteiger partial charge is 0.358 e. The van der Waals surface area contributed by atoms with Crippen LogP contribution in [0.4, 0.5) is 0 Å². The lowest BCUT2D eigenvalue weighted by atomic mass is 9.92. The minimum Gasteiger partial charge on any atom is -0.358 e. The summed E-state index contributed by atoms with van der Waals surface area (Å²) in [6, 6.07) is 0. The van der Waals surface area contributed by atoms with Crippen LogP contribution in [0.1, 0.15) is 40.0 Å². The maximum Gasteiger partial charge on any atom is 0.0433 e. The molecule has 1 nitrogen and oxygen atoms in total. The third-order valence-electron chi connectivity index (χ3n) is 2.77. The van der Waals surface area contributed by atoms with Crippen molar-refractivity contribution < 1.29 is 0 Å². The standard InChI is InChI=1S/C15H21N/c1-5-7-13(4)14-11-12(3)8-9-15(14)16-10-6-2/h7,10-11,16H,2,5,8-9H2,1,3-4H3/b13-7-. The molecule has 16 heavy (non-hydrogen) atoms. The van der Waals surface area contributed by atoms with Crippen LogP contribution in [0.3, 0.4) is 0 Å². The highest BCUT2D eigenvalue weighted by molar-refractivity contribution is 5.46. The van der Waals surface area contributed by atoms with Gasteiger partial charge >= 0.3 is 0 Å². The molecule has 1 aliphatic carbocycles. The molecule has 0 radical (unpaired) electrons. The monoisotopic (exact) mass is 215 g/mol. The van der Waals surface area contributed by atoms with Crippen LogP contribution in [0.2, 0.25) is 0 Å². The van der Waals surface area contributed by atoms with Gasteiger partial charge < -0.3 is 5.32 Å². The zero-order valence-electron chi connectivity index (χ0n) is 10.6. The van der Waals surface area contributed by atoms with E-state index in [2.05, 4.69) is 50.6 Å². The van der Waals surface area contributed by atoms with Crippen molar-refractivity contribution in [2.45, 2.75) is 40.0 Å². The van der Waals surface area contributed by atoms with E-state index in [9.17, 15) is 0 Å². The molecular weight excluding hydrogens is 194 g/mol. The molecule has 1 N–H and O–H groups in total. The van der Waals surface area contributed by atoms with Crippen molar-refractivity contribution in [3.05, 3.63) is 53.1 Å². The Morgan fingerprint density at radius 1 is 1.56 bits per heavy atom. The molecule has 0 fully saturated rings. The molecule has 1 rings (SSSR count). The summed E-state index contributed by atoms with van der Waals surface area (Å²) in [6.07, 6.45) is 9.62. The highest BCUT2D eigenvalue weighted by atomic mass is 14.8. The van der Waals surface area contributed by atoms with E-state index in [0.717, 1.165) is 19.3 Å². The number of hydrogen-bond acceptors (Lipinski definition) is 1. The second kappa shape index (κ2) is 6.19. The molecule has 0 saturated heterocycles. The zero-order valence-corrected chi connectivity index (χ0v) is 10.6. The Hall–Kier alpha value is -1.46. The molecule has 0 aromatic carbocycles. The predicted octanol–water partition coefficient (Wildman–Crippen LogP) is 4.23. The normalized spacial score (nSPS) is 16.7. The van der Waals surface area contributed by atoms with Crippen LogP contribution in [-0.2, 0) is 0 Å². The summed E-state index contributed by atoms with van der Waals surface area (Å²) in [7, 11) is 0. The Balaban J connectivity index is 3.06. The summed E-state index contributed by atoms with van der Waals surface area (Å²) in [5, 5.41) is 3.28. The van der Waals surface area contributed by atoms with Gasteiger partial charge in [-0.3, -0.25) is 0 Å². The summed E-state index contributed by atoms with van der Waals surface area (Å²) >= 11 is 0. The lowest BCUT2D eigenvalue weighted by Gasteiger charge is -2.19. The molecule has 0 amide bonds. The van der Waals surface area contributed by atoms with Gasteiger partial charge in [-0.2, -0.15) is 0 Å². The van der Waals surface area contributed by atoms with E-state index >= 15 is 0 Å². The Bertz CT molecular complexity index is 388. The van der Waals surface area contributed by atoms with E-state index in [-0.39, 0.29) is 0 Å². The van der Waals surface area contributed by atoms with E-state index in [1.54, 1.807) is 6.20 Å². The van der Waals surface area contributed by atoms with Gasteiger partial charge in [0.15, 0.2) is 0 Å². The SMILES string of the molecule is C=C=CNC1=C(/C(C)=C\CC)C=C(C)CC1. The molecule has 0 unspecified atom stereocenters. The highest BCUT2D eigenvalue weighted by Crippen LogP contribution is 2.27. The summed E-state index contributed by atoms with van der Waals surface area (Å²) in [6.45, 7) is 10.1. The maximum absolute atomic E-state index is 3.57. The van der Waals surface area contributed by atoms with Crippen molar-refractivity contribution >= 4 is 0 Å². The molecule has 86 valence electrons. The molecule has 0 aliphatic heterocycles. The van der Waals surface area contributed by atoms with Gasteiger partial charge in [-0.05, 0) is 44.3 Å². The Morgan fingerprint density at radius 2 is 2.31 bits per heavy atom. The molecule has 0 spiro atoms. The van der Waals surface area contributed by atoms with Crippen LogP contribution < -0.4 is 5.32 Å². The molecule has 0 heterocycles. The van der Waals surface area contributed by atoms with Crippen molar-refractivity contribution in [1.29, 1.82) is 0 Å². The average Bonchev–Trinajstić information content (AvgIpc) is 2.27.